The molecule has 0 aliphatic heterocycles. The highest BCUT2D eigenvalue weighted by molar-refractivity contribution is 7.99. The molecule has 0 saturated heterocycles. The van der Waals surface area contributed by atoms with Crippen molar-refractivity contribution >= 4 is 17.7 Å². The molecule has 0 saturated carbocycles. The van der Waals surface area contributed by atoms with E-state index < -0.39 is 5.97 Å². The molecule has 1 atom stereocenters. The molecule has 5 heteroatoms. The number of thioether (sulfide) groups is 1. The molecule has 0 bridgehead atoms. The van der Waals surface area contributed by atoms with Gasteiger partial charge >= 0.3 is 5.97 Å². The number of aromatic nitrogens is 2. The van der Waals surface area contributed by atoms with E-state index in [-0.39, 0.29) is 5.75 Å². The van der Waals surface area contributed by atoms with Crippen LogP contribution in [-0.2, 0) is 11.3 Å². The fourth-order valence-corrected chi connectivity index (χ4v) is 2.72. The molecule has 4 nitrogen and oxygen atoms in total. The summed E-state index contributed by atoms with van der Waals surface area (Å²) >= 11 is 1.26. The molecule has 1 aromatic heterocycles. The monoisotopic (exact) mass is 290 g/mol. The minimum Gasteiger partial charge on any atom is -0.481 e. The van der Waals surface area contributed by atoms with Crippen LogP contribution >= 0.6 is 11.8 Å². The molecule has 0 spiro atoms. The number of aryl methyl sites for hydroxylation is 1. The van der Waals surface area contributed by atoms with Gasteiger partial charge in [-0.05, 0) is 17.9 Å². The first-order chi connectivity index (χ1) is 9.66. The Hall–Kier alpha value is -1.75. The van der Waals surface area contributed by atoms with Crippen LogP contribution in [0, 0.1) is 0 Å². The molecule has 0 aliphatic rings. The van der Waals surface area contributed by atoms with Gasteiger partial charge in [-0.1, -0.05) is 49.0 Å². The second-order valence-corrected chi connectivity index (χ2v) is 5.63. The molecule has 0 fully saturated rings. The summed E-state index contributed by atoms with van der Waals surface area (Å²) in [7, 11) is 0. The zero-order valence-corrected chi connectivity index (χ0v) is 12.2. The first-order valence-corrected chi connectivity index (χ1v) is 7.56. The fourth-order valence-electron chi connectivity index (χ4n) is 2.01. The van der Waals surface area contributed by atoms with Crippen molar-refractivity contribution < 1.29 is 9.90 Å². The van der Waals surface area contributed by atoms with E-state index in [1.165, 1.54) is 17.3 Å². The molecule has 106 valence electrons. The zero-order valence-electron chi connectivity index (χ0n) is 11.4. The van der Waals surface area contributed by atoms with Crippen LogP contribution in [-0.4, -0.2) is 26.4 Å². The van der Waals surface area contributed by atoms with Crippen LogP contribution in [0.1, 0.15) is 24.8 Å². The lowest BCUT2D eigenvalue weighted by atomic mass is 9.98. The molecule has 0 amide bonds. The van der Waals surface area contributed by atoms with Crippen molar-refractivity contribution in [3.05, 3.63) is 48.3 Å². The second-order valence-electron chi connectivity index (χ2n) is 4.69. The number of aliphatic carboxylic acids is 1. The molecule has 1 heterocycles. The molecule has 1 unspecified atom stereocenters. The lowest BCUT2D eigenvalue weighted by Crippen LogP contribution is -2.05. The van der Waals surface area contributed by atoms with Crippen molar-refractivity contribution in [2.24, 2.45) is 0 Å². The average molecular weight is 290 g/mol. The number of imidazole rings is 1. The van der Waals surface area contributed by atoms with Gasteiger partial charge in [-0.15, -0.1) is 0 Å². The topological polar surface area (TPSA) is 55.1 Å². The van der Waals surface area contributed by atoms with E-state index in [0.717, 1.165) is 18.1 Å². The number of hydrogen-bond acceptors (Lipinski definition) is 3. The molecule has 20 heavy (non-hydrogen) atoms. The summed E-state index contributed by atoms with van der Waals surface area (Å²) in [6.07, 6.45) is 4.63. The highest BCUT2D eigenvalue weighted by atomic mass is 32.2. The van der Waals surface area contributed by atoms with Crippen LogP contribution in [0.3, 0.4) is 0 Å². The van der Waals surface area contributed by atoms with Gasteiger partial charge in [0.2, 0.25) is 0 Å². The highest BCUT2D eigenvalue weighted by Crippen LogP contribution is 2.21. The van der Waals surface area contributed by atoms with E-state index in [0.29, 0.717) is 5.92 Å². The number of carbonyl (C=O) groups is 1. The normalized spacial score (nSPS) is 12.2. The van der Waals surface area contributed by atoms with Crippen molar-refractivity contribution in [3.63, 3.8) is 0 Å². The van der Waals surface area contributed by atoms with Crippen LogP contribution < -0.4 is 0 Å². The molecule has 2 aromatic rings. The van der Waals surface area contributed by atoms with Crippen molar-refractivity contribution in [3.8, 4) is 0 Å². The summed E-state index contributed by atoms with van der Waals surface area (Å²) in [5.41, 5.74) is 1.33. The summed E-state index contributed by atoms with van der Waals surface area (Å²) in [6, 6.07) is 10.4. The third-order valence-corrected chi connectivity index (χ3v) is 4.16. The van der Waals surface area contributed by atoms with E-state index in [1.807, 2.05) is 16.8 Å². The lowest BCUT2D eigenvalue weighted by molar-refractivity contribution is -0.133. The quantitative estimate of drug-likeness (QED) is 0.795. The minimum absolute atomic E-state index is 0.0469. The van der Waals surface area contributed by atoms with Crippen molar-refractivity contribution in [1.82, 2.24) is 9.55 Å². The van der Waals surface area contributed by atoms with Crippen molar-refractivity contribution in [2.75, 3.05) is 5.75 Å². The lowest BCUT2D eigenvalue weighted by Gasteiger charge is -2.13. The number of benzene rings is 1. The summed E-state index contributed by atoms with van der Waals surface area (Å²) < 4.78 is 2.02. The van der Waals surface area contributed by atoms with Gasteiger partial charge in [0, 0.05) is 18.9 Å². The Balaban J connectivity index is 1.91. The molecular weight excluding hydrogens is 272 g/mol. The van der Waals surface area contributed by atoms with Gasteiger partial charge in [-0.2, -0.15) is 0 Å². The standard InChI is InChI=1S/C15H18N2O2S/c1-12(13-5-3-2-4-6-13)7-9-17-10-8-16-15(17)20-11-14(18)19/h2-6,8,10,12H,7,9,11H2,1H3,(H,18,19). The van der Waals surface area contributed by atoms with E-state index in [4.69, 9.17) is 5.11 Å². The van der Waals surface area contributed by atoms with Crippen LogP contribution in [0.4, 0.5) is 0 Å². The summed E-state index contributed by atoms with van der Waals surface area (Å²) in [4.78, 5) is 14.8. The first kappa shape index (κ1) is 14.7. The maximum Gasteiger partial charge on any atom is 0.313 e. The Bertz CT molecular complexity index is 554. The largest absolute Gasteiger partial charge is 0.481 e. The summed E-state index contributed by atoms with van der Waals surface area (Å²) in [5.74, 6) is -0.302. The number of nitrogens with zero attached hydrogens (tertiary/aromatic N) is 2. The van der Waals surface area contributed by atoms with Gasteiger partial charge < -0.3 is 9.67 Å². The molecule has 0 radical (unpaired) electrons. The van der Waals surface area contributed by atoms with Gasteiger partial charge in [0.1, 0.15) is 0 Å². The van der Waals surface area contributed by atoms with Crippen LogP contribution in [0.25, 0.3) is 0 Å². The van der Waals surface area contributed by atoms with E-state index >= 15 is 0 Å². The Morgan fingerprint density at radius 1 is 1.40 bits per heavy atom. The molecule has 1 N–H and O–H groups in total. The fraction of sp³-hybridized carbons (Fsp3) is 0.333. The Kier molecular flexibility index (Phi) is 5.24. The maximum atomic E-state index is 10.6. The zero-order chi connectivity index (χ0) is 14.4. The van der Waals surface area contributed by atoms with Gasteiger partial charge in [-0.3, -0.25) is 4.79 Å². The summed E-state index contributed by atoms with van der Waals surface area (Å²) in [6.45, 7) is 3.05. The first-order valence-electron chi connectivity index (χ1n) is 6.57. The SMILES string of the molecule is CC(CCn1ccnc1SCC(=O)O)c1ccccc1. The van der Waals surface area contributed by atoms with Crippen LogP contribution in [0.5, 0.6) is 0 Å². The highest BCUT2D eigenvalue weighted by Gasteiger charge is 2.09. The number of rotatable bonds is 7. The predicted molar refractivity (Wildman–Crippen MR) is 80.1 cm³/mol. The third kappa shape index (κ3) is 4.13. The Morgan fingerprint density at radius 3 is 2.85 bits per heavy atom. The molecular formula is C15H18N2O2S. The molecule has 0 aliphatic carbocycles. The summed E-state index contributed by atoms with van der Waals surface area (Å²) in [5, 5.41) is 9.48. The number of carboxylic acids is 1. The third-order valence-electron chi connectivity index (χ3n) is 3.17. The van der Waals surface area contributed by atoms with Crippen LogP contribution in [0.2, 0.25) is 0 Å². The Morgan fingerprint density at radius 2 is 2.15 bits per heavy atom. The molecule has 2 rings (SSSR count). The van der Waals surface area contributed by atoms with E-state index in [9.17, 15) is 4.79 Å². The number of carboxylic acid groups (broad SMARTS) is 1. The minimum atomic E-state index is -0.817. The van der Waals surface area contributed by atoms with Gasteiger partial charge in [0.05, 0.1) is 5.75 Å². The second kappa shape index (κ2) is 7.14. The van der Waals surface area contributed by atoms with Gasteiger partial charge in [-0.25, -0.2) is 4.98 Å². The smallest absolute Gasteiger partial charge is 0.313 e. The Labute approximate surface area is 122 Å². The van der Waals surface area contributed by atoms with Gasteiger partial charge in [0.15, 0.2) is 5.16 Å². The predicted octanol–water partition coefficient (Wildman–Crippen LogP) is 3.25. The van der Waals surface area contributed by atoms with E-state index in [1.54, 1.807) is 6.20 Å². The van der Waals surface area contributed by atoms with Crippen molar-refractivity contribution in [2.45, 2.75) is 31.0 Å². The number of hydrogen-bond donors (Lipinski definition) is 1. The van der Waals surface area contributed by atoms with Crippen molar-refractivity contribution in [1.29, 1.82) is 0 Å². The van der Waals surface area contributed by atoms with Gasteiger partial charge in [0.25, 0.3) is 0 Å². The molecule has 1 aromatic carbocycles. The van der Waals surface area contributed by atoms with E-state index in [2.05, 4.69) is 36.2 Å². The van der Waals surface area contributed by atoms with Crippen LogP contribution in [0.15, 0.2) is 47.9 Å². The average Bonchev–Trinajstić information content (AvgIpc) is 2.91. The maximum absolute atomic E-state index is 10.6.